The molecule has 0 unspecified atom stereocenters. The Morgan fingerprint density at radius 1 is 1.35 bits per heavy atom. The normalized spacial score (nSPS) is 18.5. The molecule has 2 N–H and O–H groups in total. The summed E-state index contributed by atoms with van der Waals surface area (Å²) in [6, 6.07) is 5.76. The van der Waals surface area contributed by atoms with E-state index in [9.17, 15) is 0 Å². The Labute approximate surface area is 107 Å². The number of methoxy groups -OCH3 is 1. The van der Waals surface area contributed by atoms with Crippen molar-refractivity contribution in [2.45, 2.75) is 25.5 Å². The Hall–Kier alpha value is -0.770. The zero-order chi connectivity index (χ0) is 12.3. The Morgan fingerprint density at radius 2 is 2.06 bits per heavy atom. The van der Waals surface area contributed by atoms with Gasteiger partial charge in [-0.3, -0.25) is 4.90 Å². The number of hydrogen-bond donors (Lipinski definition) is 1. The van der Waals surface area contributed by atoms with Gasteiger partial charge in [0, 0.05) is 37.5 Å². The Balaban J connectivity index is 1.93. The van der Waals surface area contributed by atoms with E-state index in [1.54, 1.807) is 13.2 Å². The van der Waals surface area contributed by atoms with Crippen LogP contribution in [-0.2, 0) is 11.3 Å². The van der Waals surface area contributed by atoms with Crippen LogP contribution in [0, 0.1) is 0 Å². The van der Waals surface area contributed by atoms with Gasteiger partial charge in [0.25, 0.3) is 0 Å². The van der Waals surface area contributed by atoms with Gasteiger partial charge in [-0.1, -0.05) is 11.6 Å². The fourth-order valence-electron chi connectivity index (χ4n) is 2.33. The van der Waals surface area contributed by atoms with Crippen LogP contribution in [0.25, 0.3) is 0 Å². The minimum Gasteiger partial charge on any atom is -0.399 e. The third-order valence-electron chi connectivity index (χ3n) is 3.25. The number of piperidine rings is 1. The molecule has 0 atom stereocenters. The van der Waals surface area contributed by atoms with Crippen LogP contribution in [0.5, 0.6) is 0 Å². The van der Waals surface area contributed by atoms with E-state index in [1.165, 1.54) is 5.56 Å². The summed E-state index contributed by atoms with van der Waals surface area (Å²) in [5.74, 6) is 0. The summed E-state index contributed by atoms with van der Waals surface area (Å²) >= 11 is 5.99. The first-order valence-corrected chi connectivity index (χ1v) is 6.35. The van der Waals surface area contributed by atoms with Crippen molar-refractivity contribution >= 4 is 17.3 Å². The highest BCUT2D eigenvalue weighted by Crippen LogP contribution is 2.20. The molecule has 1 fully saturated rings. The first-order valence-electron chi connectivity index (χ1n) is 5.97. The predicted molar refractivity (Wildman–Crippen MR) is 71.2 cm³/mol. The molecule has 1 aliphatic rings. The van der Waals surface area contributed by atoms with Gasteiger partial charge in [-0.2, -0.15) is 0 Å². The topological polar surface area (TPSA) is 38.5 Å². The summed E-state index contributed by atoms with van der Waals surface area (Å²) in [5.41, 5.74) is 7.71. The number of nitrogens with zero attached hydrogens (tertiary/aromatic N) is 1. The summed E-state index contributed by atoms with van der Waals surface area (Å²) in [6.07, 6.45) is 2.63. The molecular formula is C13H19ClN2O. The maximum Gasteiger partial charge on any atom is 0.0595 e. The van der Waals surface area contributed by atoms with Crippen LogP contribution in [0.1, 0.15) is 18.4 Å². The first kappa shape index (κ1) is 12.7. The molecule has 0 spiro atoms. The van der Waals surface area contributed by atoms with Gasteiger partial charge in [0.1, 0.15) is 0 Å². The number of nitrogens with two attached hydrogens (primary N) is 1. The van der Waals surface area contributed by atoms with Crippen molar-refractivity contribution in [3.8, 4) is 0 Å². The number of likely N-dealkylation sites (tertiary alicyclic amines) is 1. The number of anilines is 1. The maximum atomic E-state index is 5.99. The molecule has 1 saturated heterocycles. The lowest BCUT2D eigenvalue weighted by Gasteiger charge is -2.31. The minimum atomic E-state index is 0.427. The summed E-state index contributed by atoms with van der Waals surface area (Å²) in [7, 11) is 1.79. The molecular weight excluding hydrogens is 236 g/mol. The zero-order valence-corrected chi connectivity index (χ0v) is 10.9. The Morgan fingerprint density at radius 3 is 2.65 bits per heavy atom. The summed E-state index contributed by atoms with van der Waals surface area (Å²) in [5, 5.41) is 0.715. The van der Waals surface area contributed by atoms with Gasteiger partial charge >= 0.3 is 0 Å². The standard InChI is InChI=1S/C13H19ClN2O/c1-17-13-2-4-16(5-3-13)9-10-6-11(14)8-12(15)7-10/h6-8,13H,2-5,9,15H2,1H3. The van der Waals surface area contributed by atoms with Gasteiger partial charge in [0.2, 0.25) is 0 Å². The Kier molecular flexibility index (Phi) is 4.26. The third kappa shape index (κ3) is 3.60. The second kappa shape index (κ2) is 5.71. The largest absolute Gasteiger partial charge is 0.399 e. The fourth-order valence-corrected chi connectivity index (χ4v) is 2.59. The lowest BCUT2D eigenvalue weighted by molar-refractivity contribution is 0.0389. The van der Waals surface area contributed by atoms with Gasteiger partial charge in [-0.05, 0) is 36.6 Å². The van der Waals surface area contributed by atoms with Gasteiger partial charge in [-0.15, -0.1) is 0 Å². The van der Waals surface area contributed by atoms with Crippen LogP contribution in [-0.4, -0.2) is 31.2 Å². The molecule has 0 aromatic heterocycles. The smallest absolute Gasteiger partial charge is 0.0595 e. The van der Waals surface area contributed by atoms with E-state index in [4.69, 9.17) is 22.1 Å². The third-order valence-corrected chi connectivity index (χ3v) is 3.47. The highest BCUT2D eigenvalue weighted by atomic mass is 35.5. The SMILES string of the molecule is COC1CCN(Cc2cc(N)cc(Cl)c2)CC1. The van der Waals surface area contributed by atoms with Crippen LogP contribution in [0.3, 0.4) is 0 Å². The van der Waals surface area contributed by atoms with Crippen LogP contribution in [0.15, 0.2) is 18.2 Å². The lowest BCUT2D eigenvalue weighted by Crippen LogP contribution is -2.36. The van der Waals surface area contributed by atoms with E-state index in [2.05, 4.69) is 4.90 Å². The van der Waals surface area contributed by atoms with Crippen molar-refractivity contribution in [2.75, 3.05) is 25.9 Å². The van der Waals surface area contributed by atoms with E-state index < -0.39 is 0 Å². The molecule has 1 aromatic carbocycles. The van der Waals surface area contributed by atoms with Crippen LogP contribution in [0.4, 0.5) is 5.69 Å². The molecule has 17 heavy (non-hydrogen) atoms. The van der Waals surface area contributed by atoms with Gasteiger partial charge in [0.15, 0.2) is 0 Å². The van der Waals surface area contributed by atoms with E-state index >= 15 is 0 Å². The minimum absolute atomic E-state index is 0.427. The quantitative estimate of drug-likeness (QED) is 0.843. The molecule has 1 aromatic rings. The van der Waals surface area contributed by atoms with E-state index in [-0.39, 0.29) is 0 Å². The van der Waals surface area contributed by atoms with Crippen LogP contribution < -0.4 is 5.73 Å². The molecule has 1 aliphatic heterocycles. The van der Waals surface area contributed by atoms with Crippen molar-refractivity contribution in [1.82, 2.24) is 4.90 Å². The summed E-state index contributed by atoms with van der Waals surface area (Å²) < 4.78 is 5.36. The highest BCUT2D eigenvalue weighted by molar-refractivity contribution is 6.30. The maximum absolute atomic E-state index is 5.99. The van der Waals surface area contributed by atoms with Gasteiger partial charge < -0.3 is 10.5 Å². The van der Waals surface area contributed by atoms with Crippen molar-refractivity contribution in [3.05, 3.63) is 28.8 Å². The van der Waals surface area contributed by atoms with Crippen LogP contribution in [0.2, 0.25) is 5.02 Å². The molecule has 94 valence electrons. The summed E-state index contributed by atoms with van der Waals surface area (Å²) in [6.45, 7) is 3.07. The second-order valence-electron chi connectivity index (χ2n) is 4.60. The molecule has 0 amide bonds. The van der Waals surface area contributed by atoms with Crippen molar-refractivity contribution in [1.29, 1.82) is 0 Å². The van der Waals surface area contributed by atoms with Crippen LogP contribution >= 0.6 is 11.6 Å². The highest BCUT2D eigenvalue weighted by Gasteiger charge is 2.18. The van der Waals surface area contributed by atoms with E-state index in [0.29, 0.717) is 11.1 Å². The second-order valence-corrected chi connectivity index (χ2v) is 5.04. The van der Waals surface area contributed by atoms with Crippen molar-refractivity contribution < 1.29 is 4.74 Å². The number of ether oxygens (including phenoxy) is 1. The zero-order valence-electron chi connectivity index (χ0n) is 10.2. The van der Waals surface area contributed by atoms with Crippen molar-refractivity contribution in [3.63, 3.8) is 0 Å². The molecule has 0 radical (unpaired) electrons. The molecule has 0 bridgehead atoms. The van der Waals surface area contributed by atoms with E-state index in [1.807, 2.05) is 12.1 Å². The lowest BCUT2D eigenvalue weighted by atomic mass is 10.1. The molecule has 0 saturated carbocycles. The number of halogens is 1. The number of hydrogen-bond acceptors (Lipinski definition) is 3. The fraction of sp³-hybridized carbons (Fsp3) is 0.538. The molecule has 3 nitrogen and oxygen atoms in total. The monoisotopic (exact) mass is 254 g/mol. The van der Waals surface area contributed by atoms with Crippen molar-refractivity contribution in [2.24, 2.45) is 0 Å². The summed E-state index contributed by atoms with van der Waals surface area (Å²) in [4.78, 5) is 2.42. The number of benzene rings is 1. The average Bonchev–Trinajstić information content (AvgIpc) is 2.28. The average molecular weight is 255 g/mol. The van der Waals surface area contributed by atoms with Gasteiger partial charge in [-0.25, -0.2) is 0 Å². The molecule has 2 rings (SSSR count). The number of rotatable bonds is 3. The van der Waals surface area contributed by atoms with Gasteiger partial charge in [0.05, 0.1) is 6.10 Å². The number of nitrogen functional groups attached to an aromatic ring is 1. The first-order chi connectivity index (χ1) is 8.17. The predicted octanol–water partition coefficient (Wildman–Crippen LogP) is 2.53. The molecule has 0 aliphatic carbocycles. The Bertz CT molecular complexity index is 355. The molecule has 4 heteroatoms. The van der Waals surface area contributed by atoms with E-state index in [0.717, 1.165) is 38.2 Å². The molecule has 1 heterocycles.